The largest absolute Gasteiger partial charge is 0.398 e. The van der Waals surface area contributed by atoms with Gasteiger partial charge in [-0.3, -0.25) is 0 Å². The minimum atomic E-state index is 0.901. The highest BCUT2D eigenvalue weighted by molar-refractivity contribution is 5.68. The van der Waals surface area contributed by atoms with Gasteiger partial charge in [-0.2, -0.15) is 0 Å². The van der Waals surface area contributed by atoms with Crippen LogP contribution in [0.1, 0.15) is 37.8 Å². The molecule has 0 aliphatic rings. The second kappa shape index (κ2) is 5.78. The molecule has 0 atom stereocenters. The number of nitrogens with two attached hydrogens (primary N) is 1. The van der Waals surface area contributed by atoms with Crippen molar-refractivity contribution in [3.05, 3.63) is 23.3 Å². The summed E-state index contributed by atoms with van der Waals surface area (Å²) in [6.45, 7) is 11.0. The van der Waals surface area contributed by atoms with E-state index in [0.29, 0.717) is 0 Å². The van der Waals surface area contributed by atoms with Crippen molar-refractivity contribution >= 4 is 11.4 Å². The fourth-order valence-corrected chi connectivity index (χ4v) is 2.21. The van der Waals surface area contributed by atoms with Crippen LogP contribution in [-0.4, -0.2) is 13.1 Å². The molecule has 16 heavy (non-hydrogen) atoms. The van der Waals surface area contributed by atoms with Crippen molar-refractivity contribution in [1.29, 1.82) is 0 Å². The molecule has 0 heterocycles. The molecule has 90 valence electrons. The minimum Gasteiger partial charge on any atom is -0.398 e. The lowest BCUT2D eigenvalue weighted by molar-refractivity contribution is 0.741. The Labute approximate surface area is 99.5 Å². The average molecular weight is 220 g/mol. The molecular formula is C14H24N2. The summed E-state index contributed by atoms with van der Waals surface area (Å²) in [4.78, 5) is 2.46. The molecule has 0 aliphatic heterocycles. The second-order valence-corrected chi connectivity index (χ2v) is 4.43. The highest BCUT2D eigenvalue weighted by Gasteiger charge is 2.12. The molecule has 1 aromatic rings. The predicted octanol–water partition coefficient (Wildman–Crippen LogP) is 3.51. The van der Waals surface area contributed by atoms with Gasteiger partial charge in [-0.05, 0) is 43.9 Å². The monoisotopic (exact) mass is 220 g/mol. The summed E-state index contributed by atoms with van der Waals surface area (Å²) in [6.07, 6.45) is 2.35. The molecule has 0 spiro atoms. The van der Waals surface area contributed by atoms with E-state index in [-0.39, 0.29) is 0 Å². The predicted molar refractivity (Wildman–Crippen MR) is 73.1 cm³/mol. The first kappa shape index (κ1) is 12.9. The number of benzene rings is 1. The van der Waals surface area contributed by atoms with Gasteiger partial charge in [-0.15, -0.1) is 0 Å². The Morgan fingerprint density at radius 3 is 2.12 bits per heavy atom. The average Bonchev–Trinajstić information content (AvgIpc) is 2.25. The van der Waals surface area contributed by atoms with E-state index in [9.17, 15) is 0 Å². The van der Waals surface area contributed by atoms with Crippen LogP contribution in [0.3, 0.4) is 0 Å². The second-order valence-electron chi connectivity index (χ2n) is 4.43. The third kappa shape index (κ3) is 2.69. The standard InChI is InChI=1S/C14H24N2/c1-5-9-16(10-6-2)14-11(3)7-8-13(15)12(14)4/h7-8H,5-6,9-10,15H2,1-4H3. The van der Waals surface area contributed by atoms with Crippen LogP contribution < -0.4 is 10.6 Å². The van der Waals surface area contributed by atoms with Crippen molar-refractivity contribution < 1.29 is 0 Å². The van der Waals surface area contributed by atoms with E-state index in [4.69, 9.17) is 5.73 Å². The fourth-order valence-electron chi connectivity index (χ4n) is 2.21. The highest BCUT2D eigenvalue weighted by atomic mass is 15.1. The van der Waals surface area contributed by atoms with Gasteiger partial charge in [-0.1, -0.05) is 19.9 Å². The van der Waals surface area contributed by atoms with Crippen LogP contribution in [0.2, 0.25) is 0 Å². The van der Waals surface area contributed by atoms with Crippen molar-refractivity contribution in [3.8, 4) is 0 Å². The molecule has 0 saturated heterocycles. The smallest absolute Gasteiger partial charge is 0.0446 e. The molecule has 0 amide bonds. The summed E-state index contributed by atoms with van der Waals surface area (Å²) < 4.78 is 0. The topological polar surface area (TPSA) is 29.3 Å². The Morgan fingerprint density at radius 1 is 1.06 bits per heavy atom. The Morgan fingerprint density at radius 2 is 1.62 bits per heavy atom. The first-order valence-corrected chi connectivity index (χ1v) is 6.22. The van der Waals surface area contributed by atoms with Crippen LogP contribution in [0.4, 0.5) is 11.4 Å². The summed E-state index contributed by atoms with van der Waals surface area (Å²) in [5.74, 6) is 0. The number of aryl methyl sites for hydroxylation is 1. The van der Waals surface area contributed by atoms with Crippen LogP contribution >= 0.6 is 0 Å². The maximum Gasteiger partial charge on any atom is 0.0446 e. The molecule has 1 rings (SSSR count). The lowest BCUT2D eigenvalue weighted by Crippen LogP contribution is -2.26. The number of anilines is 2. The first-order valence-electron chi connectivity index (χ1n) is 6.22. The van der Waals surface area contributed by atoms with Crippen LogP contribution in [0.25, 0.3) is 0 Å². The number of hydrogen-bond donors (Lipinski definition) is 1. The Balaban J connectivity index is 3.11. The third-order valence-corrected chi connectivity index (χ3v) is 2.98. The molecule has 0 unspecified atom stereocenters. The van der Waals surface area contributed by atoms with Crippen molar-refractivity contribution in [2.45, 2.75) is 40.5 Å². The summed E-state index contributed by atoms with van der Waals surface area (Å²) in [5.41, 5.74) is 10.8. The van der Waals surface area contributed by atoms with E-state index in [1.165, 1.54) is 29.7 Å². The molecule has 2 heteroatoms. The Hall–Kier alpha value is -1.18. The van der Waals surface area contributed by atoms with E-state index in [1.807, 2.05) is 6.07 Å². The maximum absolute atomic E-state index is 5.99. The van der Waals surface area contributed by atoms with Crippen molar-refractivity contribution in [2.24, 2.45) is 0 Å². The Kier molecular flexibility index (Phi) is 4.66. The lowest BCUT2D eigenvalue weighted by Gasteiger charge is -2.28. The molecule has 0 aromatic heterocycles. The number of nitrogens with zero attached hydrogens (tertiary/aromatic N) is 1. The Bertz CT molecular complexity index is 339. The summed E-state index contributed by atoms with van der Waals surface area (Å²) in [6, 6.07) is 4.13. The molecule has 0 fully saturated rings. The summed E-state index contributed by atoms with van der Waals surface area (Å²) in [7, 11) is 0. The number of nitrogen functional groups attached to an aromatic ring is 1. The molecule has 0 radical (unpaired) electrons. The van der Waals surface area contributed by atoms with E-state index in [2.05, 4.69) is 38.7 Å². The number of hydrogen-bond acceptors (Lipinski definition) is 2. The van der Waals surface area contributed by atoms with Gasteiger partial charge < -0.3 is 10.6 Å². The quantitative estimate of drug-likeness (QED) is 0.769. The van der Waals surface area contributed by atoms with E-state index >= 15 is 0 Å². The molecule has 0 saturated carbocycles. The highest BCUT2D eigenvalue weighted by Crippen LogP contribution is 2.29. The van der Waals surface area contributed by atoms with E-state index in [1.54, 1.807) is 0 Å². The fraction of sp³-hybridized carbons (Fsp3) is 0.571. The van der Waals surface area contributed by atoms with Gasteiger partial charge >= 0.3 is 0 Å². The first-order chi connectivity index (χ1) is 7.61. The van der Waals surface area contributed by atoms with Crippen LogP contribution in [0.15, 0.2) is 12.1 Å². The van der Waals surface area contributed by atoms with E-state index < -0.39 is 0 Å². The normalized spacial score (nSPS) is 10.5. The van der Waals surface area contributed by atoms with Gasteiger partial charge in [0.1, 0.15) is 0 Å². The molecule has 0 bridgehead atoms. The van der Waals surface area contributed by atoms with Gasteiger partial charge in [0.05, 0.1) is 0 Å². The van der Waals surface area contributed by atoms with Crippen molar-refractivity contribution in [3.63, 3.8) is 0 Å². The third-order valence-electron chi connectivity index (χ3n) is 2.98. The SMILES string of the molecule is CCCN(CCC)c1c(C)ccc(N)c1C. The summed E-state index contributed by atoms with van der Waals surface area (Å²) in [5, 5.41) is 0. The zero-order valence-corrected chi connectivity index (χ0v) is 11.0. The van der Waals surface area contributed by atoms with Crippen molar-refractivity contribution in [2.75, 3.05) is 23.7 Å². The van der Waals surface area contributed by atoms with Crippen LogP contribution in [0, 0.1) is 13.8 Å². The zero-order valence-electron chi connectivity index (χ0n) is 11.0. The molecule has 1 aromatic carbocycles. The summed E-state index contributed by atoms with van der Waals surface area (Å²) >= 11 is 0. The molecular weight excluding hydrogens is 196 g/mol. The van der Waals surface area contributed by atoms with Gasteiger partial charge in [0.2, 0.25) is 0 Å². The lowest BCUT2D eigenvalue weighted by atomic mass is 10.1. The zero-order chi connectivity index (χ0) is 12.1. The minimum absolute atomic E-state index is 0.901. The van der Waals surface area contributed by atoms with Gasteiger partial charge in [0, 0.05) is 24.5 Å². The van der Waals surface area contributed by atoms with E-state index in [0.717, 1.165) is 18.8 Å². The maximum atomic E-state index is 5.99. The van der Waals surface area contributed by atoms with Gasteiger partial charge in [-0.25, -0.2) is 0 Å². The number of rotatable bonds is 5. The van der Waals surface area contributed by atoms with Gasteiger partial charge in [0.25, 0.3) is 0 Å². The molecule has 0 aliphatic carbocycles. The molecule has 2 N–H and O–H groups in total. The molecule has 2 nitrogen and oxygen atoms in total. The van der Waals surface area contributed by atoms with Crippen LogP contribution in [0.5, 0.6) is 0 Å². The van der Waals surface area contributed by atoms with Crippen molar-refractivity contribution in [1.82, 2.24) is 0 Å². The van der Waals surface area contributed by atoms with Crippen LogP contribution in [-0.2, 0) is 0 Å². The van der Waals surface area contributed by atoms with Gasteiger partial charge in [0.15, 0.2) is 0 Å².